The van der Waals surface area contributed by atoms with Crippen LogP contribution in [0.2, 0.25) is 0 Å². The van der Waals surface area contributed by atoms with E-state index < -0.39 is 0 Å². The molecule has 0 spiro atoms. The second-order valence-electron chi connectivity index (χ2n) is 4.64. The first-order valence-corrected chi connectivity index (χ1v) is 6.99. The Hall–Kier alpha value is -2.00. The van der Waals surface area contributed by atoms with Crippen LogP contribution >= 0.6 is 11.3 Å². The van der Waals surface area contributed by atoms with E-state index >= 15 is 0 Å². The molecular weight excluding hydrogens is 254 g/mol. The molecule has 0 unspecified atom stereocenters. The van der Waals surface area contributed by atoms with Crippen LogP contribution in [0, 0.1) is 13.8 Å². The zero-order valence-electron chi connectivity index (χ0n) is 10.8. The number of aryl methyl sites for hydroxylation is 2. The molecular formula is C16H13NOS. The van der Waals surface area contributed by atoms with E-state index in [0.717, 1.165) is 26.9 Å². The molecule has 0 N–H and O–H groups in total. The SMILES string of the molecule is Cc1cc(C)nc(C(=O)c2cccc3ccsc23)c1. The normalized spacial score (nSPS) is 10.8. The molecule has 0 bridgehead atoms. The van der Waals surface area contributed by atoms with E-state index in [0.29, 0.717) is 5.69 Å². The average molecular weight is 267 g/mol. The van der Waals surface area contributed by atoms with Gasteiger partial charge in [-0.25, -0.2) is 4.98 Å². The number of ketones is 1. The standard InChI is InChI=1S/C16H13NOS/c1-10-8-11(2)17-14(9-10)15(18)13-5-3-4-12-6-7-19-16(12)13/h3-9H,1-2H3. The van der Waals surface area contributed by atoms with Crippen molar-refractivity contribution in [3.05, 3.63) is 64.3 Å². The van der Waals surface area contributed by atoms with Gasteiger partial charge in [0.05, 0.1) is 0 Å². The quantitative estimate of drug-likeness (QED) is 0.653. The number of carbonyl (C=O) groups is 1. The maximum atomic E-state index is 12.6. The van der Waals surface area contributed by atoms with Crippen molar-refractivity contribution in [2.45, 2.75) is 13.8 Å². The predicted molar refractivity (Wildman–Crippen MR) is 79.0 cm³/mol. The summed E-state index contributed by atoms with van der Waals surface area (Å²) >= 11 is 1.60. The summed E-state index contributed by atoms with van der Waals surface area (Å²) in [7, 11) is 0. The molecule has 1 aromatic carbocycles. The van der Waals surface area contributed by atoms with Crippen LogP contribution in [-0.2, 0) is 0 Å². The lowest BCUT2D eigenvalue weighted by atomic mass is 10.0. The fourth-order valence-electron chi connectivity index (χ4n) is 2.27. The number of thiophene rings is 1. The van der Waals surface area contributed by atoms with Gasteiger partial charge in [-0.1, -0.05) is 12.1 Å². The maximum Gasteiger partial charge on any atom is 0.212 e. The Balaban J connectivity index is 2.16. The Labute approximate surface area is 115 Å². The minimum Gasteiger partial charge on any atom is -0.287 e. The van der Waals surface area contributed by atoms with Crippen molar-refractivity contribution in [1.82, 2.24) is 4.98 Å². The highest BCUT2D eigenvalue weighted by Crippen LogP contribution is 2.26. The molecule has 0 saturated heterocycles. The monoisotopic (exact) mass is 267 g/mol. The maximum absolute atomic E-state index is 12.6. The Morgan fingerprint density at radius 3 is 2.79 bits per heavy atom. The number of benzene rings is 1. The molecule has 2 aromatic heterocycles. The molecule has 0 radical (unpaired) electrons. The number of nitrogens with zero attached hydrogens (tertiary/aromatic N) is 1. The number of hydrogen-bond acceptors (Lipinski definition) is 3. The summed E-state index contributed by atoms with van der Waals surface area (Å²) in [6.07, 6.45) is 0. The first-order chi connectivity index (χ1) is 9.15. The minimum atomic E-state index is -0.000139. The van der Waals surface area contributed by atoms with Gasteiger partial charge in [-0.2, -0.15) is 0 Å². The second kappa shape index (κ2) is 4.59. The van der Waals surface area contributed by atoms with Crippen LogP contribution in [0.3, 0.4) is 0 Å². The summed E-state index contributed by atoms with van der Waals surface area (Å²) in [5, 5.41) is 3.12. The van der Waals surface area contributed by atoms with Gasteiger partial charge in [-0.15, -0.1) is 11.3 Å². The Morgan fingerprint density at radius 2 is 2.00 bits per heavy atom. The van der Waals surface area contributed by atoms with E-state index in [9.17, 15) is 4.79 Å². The van der Waals surface area contributed by atoms with Crippen molar-refractivity contribution in [2.75, 3.05) is 0 Å². The predicted octanol–water partition coefficient (Wildman–Crippen LogP) is 4.14. The summed E-state index contributed by atoms with van der Waals surface area (Å²) in [5.74, 6) is -0.000139. The molecule has 0 aliphatic rings. The minimum absolute atomic E-state index is 0.000139. The van der Waals surface area contributed by atoms with E-state index in [1.54, 1.807) is 11.3 Å². The van der Waals surface area contributed by atoms with Gasteiger partial charge in [0.15, 0.2) is 0 Å². The first kappa shape index (κ1) is 12.1. The van der Waals surface area contributed by atoms with E-state index in [1.165, 1.54) is 0 Å². The van der Waals surface area contributed by atoms with Crippen LogP contribution in [-0.4, -0.2) is 10.8 Å². The Bertz CT molecular complexity index is 753. The van der Waals surface area contributed by atoms with Crippen molar-refractivity contribution >= 4 is 27.2 Å². The van der Waals surface area contributed by atoms with Gasteiger partial charge in [0.25, 0.3) is 0 Å². The topological polar surface area (TPSA) is 30.0 Å². The molecule has 3 aromatic rings. The van der Waals surface area contributed by atoms with Crippen molar-refractivity contribution in [2.24, 2.45) is 0 Å². The number of hydrogen-bond donors (Lipinski definition) is 0. The van der Waals surface area contributed by atoms with Crippen molar-refractivity contribution in [3.63, 3.8) is 0 Å². The third-order valence-corrected chi connectivity index (χ3v) is 4.02. The van der Waals surface area contributed by atoms with Gasteiger partial charge in [-0.3, -0.25) is 4.79 Å². The lowest BCUT2D eigenvalue weighted by Crippen LogP contribution is -2.05. The van der Waals surface area contributed by atoms with Gasteiger partial charge in [0.1, 0.15) is 5.69 Å². The highest BCUT2D eigenvalue weighted by atomic mass is 32.1. The summed E-state index contributed by atoms with van der Waals surface area (Å²) < 4.78 is 1.04. The molecule has 0 amide bonds. The smallest absolute Gasteiger partial charge is 0.212 e. The fourth-order valence-corrected chi connectivity index (χ4v) is 3.18. The van der Waals surface area contributed by atoms with E-state index in [-0.39, 0.29) is 5.78 Å². The highest BCUT2D eigenvalue weighted by molar-refractivity contribution is 7.17. The largest absolute Gasteiger partial charge is 0.287 e. The molecule has 94 valence electrons. The van der Waals surface area contributed by atoms with Crippen LogP contribution in [0.1, 0.15) is 27.3 Å². The number of fused-ring (bicyclic) bond motifs is 1. The molecule has 0 fully saturated rings. The van der Waals surface area contributed by atoms with E-state index in [1.807, 2.05) is 55.6 Å². The molecule has 3 heteroatoms. The number of aromatic nitrogens is 1. The summed E-state index contributed by atoms with van der Waals surface area (Å²) in [6, 6.07) is 11.7. The first-order valence-electron chi connectivity index (χ1n) is 6.11. The molecule has 2 heterocycles. The molecule has 0 aliphatic carbocycles. The van der Waals surface area contributed by atoms with Crippen LogP contribution in [0.25, 0.3) is 10.1 Å². The van der Waals surface area contributed by atoms with Gasteiger partial charge >= 0.3 is 0 Å². The van der Waals surface area contributed by atoms with Gasteiger partial charge in [-0.05, 0) is 54.4 Å². The highest BCUT2D eigenvalue weighted by Gasteiger charge is 2.15. The number of pyridine rings is 1. The summed E-state index contributed by atoms with van der Waals surface area (Å²) in [5.41, 5.74) is 3.21. The van der Waals surface area contributed by atoms with Crippen LogP contribution < -0.4 is 0 Å². The van der Waals surface area contributed by atoms with E-state index in [2.05, 4.69) is 4.98 Å². The lowest BCUT2D eigenvalue weighted by molar-refractivity contribution is 0.103. The summed E-state index contributed by atoms with van der Waals surface area (Å²) in [6.45, 7) is 3.90. The Morgan fingerprint density at radius 1 is 1.16 bits per heavy atom. The molecule has 0 aliphatic heterocycles. The van der Waals surface area contributed by atoms with Crippen molar-refractivity contribution < 1.29 is 4.79 Å². The number of carbonyl (C=O) groups excluding carboxylic acids is 1. The molecule has 0 atom stereocenters. The Kier molecular flexibility index (Phi) is 2.91. The molecule has 19 heavy (non-hydrogen) atoms. The second-order valence-corrected chi connectivity index (χ2v) is 5.56. The molecule has 0 saturated carbocycles. The molecule has 3 rings (SSSR count). The van der Waals surface area contributed by atoms with Gasteiger partial charge in [0.2, 0.25) is 5.78 Å². The van der Waals surface area contributed by atoms with Crippen LogP contribution in [0.5, 0.6) is 0 Å². The van der Waals surface area contributed by atoms with Gasteiger partial charge < -0.3 is 0 Å². The zero-order valence-corrected chi connectivity index (χ0v) is 11.6. The lowest BCUT2D eigenvalue weighted by Gasteiger charge is -2.04. The molecule has 2 nitrogen and oxygen atoms in total. The zero-order chi connectivity index (χ0) is 13.4. The average Bonchev–Trinajstić information content (AvgIpc) is 2.84. The third kappa shape index (κ3) is 2.17. The third-order valence-electron chi connectivity index (χ3n) is 3.05. The van der Waals surface area contributed by atoms with Crippen LogP contribution in [0.4, 0.5) is 0 Å². The van der Waals surface area contributed by atoms with Crippen LogP contribution in [0.15, 0.2) is 41.8 Å². The van der Waals surface area contributed by atoms with E-state index in [4.69, 9.17) is 0 Å². The van der Waals surface area contributed by atoms with Gasteiger partial charge in [0, 0.05) is 16.0 Å². The van der Waals surface area contributed by atoms with Crippen molar-refractivity contribution in [3.8, 4) is 0 Å². The fraction of sp³-hybridized carbons (Fsp3) is 0.125. The van der Waals surface area contributed by atoms with Crippen molar-refractivity contribution in [1.29, 1.82) is 0 Å². The number of rotatable bonds is 2. The summed E-state index contributed by atoms with van der Waals surface area (Å²) in [4.78, 5) is 17.0.